The number of nitrogens with zero attached hydrogens (tertiary/aromatic N) is 1. The molecule has 1 heterocycles. The van der Waals surface area contributed by atoms with Gasteiger partial charge in [0, 0.05) is 24.0 Å². The van der Waals surface area contributed by atoms with Crippen LogP contribution < -0.4 is 5.32 Å². The second-order valence-corrected chi connectivity index (χ2v) is 7.66. The van der Waals surface area contributed by atoms with Crippen molar-refractivity contribution in [3.05, 3.63) is 102 Å². The average molecular weight is 411 g/mol. The molecule has 1 aromatic heterocycles. The lowest BCUT2D eigenvalue weighted by molar-refractivity contribution is -0.121. The number of hydrogen-bond acceptors (Lipinski definition) is 3. The normalized spacial score (nSPS) is 11.8. The summed E-state index contributed by atoms with van der Waals surface area (Å²) in [7, 11) is 0. The molecule has 0 fully saturated rings. The van der Waals surface area contributed by atoms with Crippen LogP contribution in [0.15, 0.2) is 89.3 Å². The number of carbonyl (C=O) groups is 1. The summed E-state index contributed by atoms with van der Waals surface area (Å²) in [6.07, 6.45) is 0.762. The maximum absolute atomic E-state index is 12.6. The highest BCUT2D eigenvalue weighted by Crippen LogP contribution is 2.32. The second-order valence-electron chi connectivity index (χ2n) is 7.66. The summed E-state index contributed by atoms with van der Waals surface area (Å²) in [5.74, 6) is 1.28. The Morgan fingerprint density at radius 2 is 1.52 bits per heavy atom. The first-order chi connectivity index (χ1) is 15.1. The van der Waals surface area contributed by atoms with Gasteiger partial charge in [0.1, 0.15) is 5.69 Å². The summed E-state index contributed by atoms with van der Waals surface area (Å²) in [6, 6.07) is 28.0. The Bertz CT molecular complexity index is 1090. The summed E-state index contributed by atoms with van der Waals surface area (Å²) in [5, 5.41) is 3.08. The first-order valence-electron chi connectivity index (χ1n) is 10.6. The third kappa shape index (κ3) is 4.92. The summed E-state index contributed by atoms with van der Waals surface area (Å²) < 4.78 is 6.12. The SMILES string of the molecule is Cc1ccccc1[C@@H](C)NC(=O)CCc1nc(-c2ccccc2)c(-c2ccccc2)o1. The number of nitrogens with one attached hydrogen (secondary N) is 1. The first-order valence-corrected chi connectivity index (χ1v) is 10.6. The third-order valence-electron chi connectivity index (χ3n) is 5.35. The Hall–Kier alpha value is -3.66. The molecule has 1 N–H and O–H groups in total. The zero-order valence-electron chi connectivity index (χ0n) is 17.8. The van der Waals surface area contributed by atoms with Gasteiger partial charge in [-0.25, -0.2) is 4.98 Å². The Morgan fingerprint density at radius 3 is 2.19 bits per heavy atom. The highest BCUT2D eigenvalue weighted by atomic mass is 16.4. The Labute approximate surface area is 183 Å². The van der Waals surface area contributed by atoms with Crippen molar-refractivity contribution in [1.82, 2.24) is 10.3 Å². The molecule has 31 heavy (non-hydrogen) atoms. The maximum atomic E-state index is 12.6. The summed E-state index contributed by atoms with van der Waals surface area (Å²) in [5.41, 5.74) is 5.06. The highest BCUT2D eigenvalue weighted by molar-refractivity contribution is 5.78. The fraction of sp³-hybridized carbons (Fsp3) is 0.185. The molecule has 4 rings (SSSR count). The van der Waals surface area contributed by atoms with Gasteiger partial charge in [-0.1, -0.05) is 84.9 Å². The minimum absolute atomic E-state index is 0.0172. The van der Waals surface area contributed by atoms with Crippen LogP contribution in [0.1, 0.15) is 36.4 Å². The van der Waals surface area contributed by atoms with E-state index < -0.39 is 0 Å². The standard InChI is InChI=1S/C27H26N2O2/c1-19-11-9-10-16-23(19)20(2)28-24(30)17-18-25-29-26(21-12-5-3-6-13-21)27(31-25)22-14-7-4-8-15-22/h3-16,20H,17-18H2,1-2H3,(H,28,30)/t20-/m1/s1. The zero-order valence-corrected chi connectivity index (χ0v) is 17.8. The minimum Gasteiger partial charge on any atom is -0.440 e. The first kappa shape index (κ1) is 20.6. The average Bonchev–Trinajstić information content (AvgIpc) is 3.23. The number of aryl methyl sites for hydroxylation is 2. The number of hydrogen-bond donors (Lipinski definition) is 1. The molecule has 0 radical (unpaired) electrons. The number of rotatable bonds is 7. The van der Waals surface area contributed by atoms with E-state index in [9.17, 15) is 4.79 Å². The van der Waals surface area contributed by atoms with Gasteiger partial charge in [-0.15, -0.1) is 0 Å². The van der Waals surface area contributed by atoms with Crippen molar-refractivity contribution in [3.63, 3.8) is 0 Å². The van der Waals surface area contributed by atoms with E-state index in [0.29, 0.717) is 18.7 Å². The van der Waals surface area contributed by atoms with Gasteiger partial charge in [-0.3, -0.25) is 4.79 Å². The molecule has 0 saturated heterocycles. The lowest BCUT2D eigenvalue weighted by atomic mass is 10.0. The molecule has 0 aliphatic carbocycles. The molecule has 4 nitrogen and oxygen atoms in total. The van der Waals surface area contributed by atoms with Crippen molar-refractivity contribution < 1.29 is 9.21 Å². The molecule has 0 spiro atoms. The zero-order chi connectivity index (χ0) is 21.6. The van der Waals surface area contributed by atoms with E-state index >= 15 is 0 Å². The maximum Gasteiger partial charge on any atom is 0.220 e. The van der Waals surface area contributed by atoms with E-state index in [1.165, 1.54) is 5.56 Å². The van der Waals surface area contributed by atoms with Crippen LogP contribution >= 0.6 is 0 Å². The van der Waals surface area contributed by atoms with Gasteiger partial charge in [0.15, 0.2) is 11.7 Å². The molecule has 1 atom stereocenters. The van der Waals surface area contributed by atoms with E-state index in [1.54, 1.807) is 0 Å². The topological polar surface area (TPSA) is 55.1 Å². The molecule has 1 amide bonds. The van der Waals surface area contributed by atoms with Gasteiger partial charge < -0.3 is 9.73 Å². The van der Waals surface area contributed by atoms with Crippen molar-refractivity contribution in [2.24, 2.45) is 0 Å². The molecule has 0 bridgehead atoms. The van der Waals surface area contributed by atoms with Crippen LogP contribution in [-0.2, 0) is 11.2 Å². The predicted octanol–water partition coefficient (Wildman–Crippen LogP) is 6.13. The Balaban J connectivity index is 1.49. The Morgan fingerprint density at radius 1 is 0.903 bits per heavy atom. The second kappa shape index (κ2) is 9.43. The molecule has 0 unspecified atom stereocenters. The monoisotopic (exact) mass is 410 g/mol. The fourth-order valence-corrected chi connectivity index (χ4v) is 3.73. The van der Waals surface area contributed by atoms with Crippen molar-refractivity contribution >= 4 is 5.91 Å². The van der Waals surface area contributed by atoms with Crippen molar-refractivity contribution in [2.75, 3.05) is 0 Å². The van der Waals surface area contributed by atoms with Crippen LogP contribution in [-0.4, -0.2) is 10.9 Å². The molecule has 4 aromatic rings. The summed E-state index contributed by atoms with van der Waals surface area (Å²) in [4.78, 5) is 17.3. The van der Waals surface area contributed by atoms with Crippen LogP contribution in [0.2, 0.25) is 0 Å². The van der Waals surface area contributed by atoms with Crippen LogP contribution in [0.4, 0.5) is 0 Å². The lowest BCUT2D eigenvalue weighted by Crippen LogP contribution is -2.27. The van der Waals surface area contributed by atoms with E-state index in [4.69, 9.17) is 9.40 Å². The molecule has 3 aromatic carbocycles. The molecular weight excluding hydrogens is 384 g/mol. The van der Waals surface area contributed by atoms with Crippen molar-refractivity contribution in [2.45, 2.75) is 32.7 Å². The number of benzene rings is 3. The van der Waals surface area contributed by atoms with Crippen molar-refractivity contribution in [1.29, 1.82) is 0 Å². The van der Waals surface area contributed by atoms with E-state index in [0.717, 1.165) is 28.1 Å². The van der Waals surface area contributed by atoms with Crippen LogP contribution in [0, 0.1) is 6.92 Å². The molecule has 0 saturated carbocycles. The van der Waals surface area contributed by atoms with Gasteiger partial charge in [-0.05, 0) is 25.0 Å². The van der Waals surface area contributed by atoms with Crippen molar-refractivity contribution in [3.8, 4) is 22.6 Å². The van der Waals surface area contributed by atoms with Gasteiger partial charge in [0.25, 0.3) is 0 Å². The quantitative estimate of drug-likeness (QED) is 0.399. The minimum atomic E-state index is -0.0435. The van der Waals surface area contributed by atoms with Crippen LogP contribution in [0.3, 0.4) is 0 Å². The number of aromatic nitrogens is 1. The molecular formula is C27H26N2O2. The third-order valence-corrected chi connectivity index (χ3v) is 5.35. The van der Waals surface area contributed by atoms with E-state index in [1.807, 2.05) is 85.8 Å². The van der Waals surface area contributed by atoms with Gasteiger partial charge in [0.2, 0.25) is 5.91 Å². The highest BCUT2D eigenvalue weighted by Gasteiger charge is 2.18. The number of amides is 1. The van der Waals surface area contributed by atoms with Crippen LogP contribution in [0.5, 0.6) is 0 Å². The number of oxazole rings is 1. The van der Waals surface area contributed by atoms with Gasteiger partial charge in [0.05, 0.1) is 6.04 Å². The molecule has 4 heteroatoms. The van der Waals surface area contributed by atoms with Gasteiger partial charge in [-0.2, -0.15) is 0 Å². The van der Waals surface area contributed by atoms with E-state index in [2.05, 4.69) is 18.3 Å². The molecule has 0 aliphatic rings. The smallest absolute Gasteiger partial charge is 0.220 e. The van der Waals surface area contributed by atoms with Gasteiger partial charge >= 0.3 is 0 Å². The number of carbonyl (C=O) groups excluding carboxylic acids is 1. The largest absolute Gasteiger partial charge is 0.440 e. The summed E-state index contributed by atoms with van der Waals surface area (Å²) >= 11 is 0. The lowest BCUT2D eigenvalue weighted by Gasteiger charge is -2.16. The van der Waals surface area contributed by atoms with Crippen LogP contribution in [0.25, 0.3) is 22.6 Å². The van der Waals surface area contributed by atoms with E-state index in [-0.39, 0.29) is 11.9 Å². The predicted molar refractivity (Wildman–Crippen MR) is 123 cm³/mol. The molecule has 0 aliphatic heterocycles. The summed E-state index contributed by atoms with van der Waals surface area (Å²) in [6.45, 7) is 4.06. The Kier molecular flexibility index (Phi) is 6.27. The molecule has 156 valence electrons. The fourth-order valence-electron chi connectivity index (χ4n) is 3.73.